The van der Waals surface area contributed by atoms with Crippen molar-refractivity contribution in [3.8, 4) is 5.75 Å². The van der Waals surface area contributed by atoms with Crippen molar-refractivity contribution >= 4 is 23.8 Å². The zero-order valence-corrected chi connectivity index (χ0v) is 23.8. The molecule has 216 valence electrons. The van der Waals surface area contributed by atoms with Crippen LogP contribution in [0.4, 0.5) is 15.3 Å². The van der Waals surface area contributed by atoms with Crippen molar-refractivity contribution in [1.82, 2.24) is 25.8 Å². The summed E-state index contributed by atoms with van der Waals surface area (Å²) in [5.41, 5.74) is 0.449. The molecule has 0 saturated carbocycles. The summed E-state index contributed by atoms with van der Waals surface area (Å²) in [6, 6.07) is 4.69. The average Bonchev–Trinajstić information content (AvgIpc) is 2.85. The minimum Gasteiger partial charge on any atom is -0.465 e. The van der Waals surface area contributed by atoms with Crippen LogP contribution in [0.3, 0.4) is 0 Å². The molecule has 0 radical (unpaired) electrons. The second-order valence-corrected chi connectivity index (χ2v) is 10.9. The first-order valence-electron chi connectivity index (χ1n) is 13.2. The van der Waals surface area contributed by atoms with Gasteiger partial charge in [-0.05, 0) is 64.8 Å². The standard InChI is InChI=1S/C27H42N6O6/c1-27(2,3)39-26(36)28-12-7-13-33-14-10-19(11-15-33)29-25(35)31-23-22(17-32(4)5)38-21-9-8-18(24(34)37-6)16-20(21)30-23/h8-9,16-17,19,23,30H,7,10-15H2,1-6H3,(H,28,36)(H2,29,31,35). The molecule has 4 N–H and O–H groups in total. The lowest BCUT2D eigenvalue weighted by Crippen LogP contribution is -2.53. The van der Waals surface area contributed by atoms with E-state index in [1.165, 1.54) is 7.11 Å². The lowest BCUT2D eigenvalue weighted by atomic mass is 10.1. The maximum atomic E-state index is 12.9. The normalized spacial score (nSPS) is 18.7. The molecule has 0 bridgehead atoms. The van der Waals surface area contributed by atoms with Crippen LogP contribution in [0.15, 0.2) is 30.2 Å². The van der Waals surface area contributed by atoms with Gasteiger partial charge in [0.1, 0.15) is 11.4 Å². The monoisotopic (exact) mass is 546 g/mol. The van der Waals surface area contributed by atoms with E-state index in [4.69, 9.17) is 14.2 Å². The Balaban J connectivity index is 1.46. The molecule has 39 heavy (non-hydrogen) atoms. The molecule has 12 nitrogen and oxygen atoms in total. The summed E-state index contributed by atoms with van der Waals surface area (Å²) >= 11 is 0. The molecule has 12 heteroatoms. The van der Waals surface area contributed by atoms with Gasteiger partial charge >= 0.3 is 18.1 Å². The van der Waals surface area contributed by atoms with E-state index in [-0.39, 0.29) is 12.1 Å². The minimum absolute atomic E-state index is 0.0464. The van der Waals surface area contributed by atoms with Crippen molar-refractivity contribution in [1.29, 1.82) is 0 Å². The van der Waals surface area contributed by atoms with E-state index in [0.717, 1.165) is 38.9 Å². The molecule has 1 unspecified atom stereocenters. The van der Waals surface area contributed by atoms with E-state index < -0.39 is 23.8 Å². The predicted molar refractivity (Wildman–Crippen MR) is 148 cm³/mol. The summed E-state index contributed by atoms with van der Waals surface area (Å²) in [5, 5.41) is 12.0. The Labute approximate surface area is 230 Å². The Kier molecular flexibility index (Phi) is 10.3. The number of alkyl carbamates (subject to hydrolysis) is 1. The number of nitrogens with zero attached hydrogens (tertiary/aromatic N) is 2. The number of ether oxygens (including phenoxy) is 3. The van der Waals surface area contributed by atoms with Crippen LogP contribution in [-0.2, 0) is 9.47 Å². The number of anilines is 1. The number of carbonyl (C=O) groups excluding carboxylic acids is 3. The van der Waals surface area contributed by atoms with Gasteiger partial charge in [0, 0.05) is 46.0 Å². The highest BCUT2D eigenvalue weighted by Gasteiger charge is 2.28. The fourth-order valence-electron chi connectivity index (χ4n) is 4.32. The van der Waals surface area contributed by atoms with Crippen molar-refractivity contribution in [2.75, 3.05) is 52.7 Å². The van der Waals surface area contributed by atoms with Crippen LogP contribution < -0.4 is 26.0 Å². The SMILES string of the molecule is COC(=O)c1ccc2c(c1)NC(NC(=O)NC1CCN(CCCNC(=O)OC(C)(C)C)CC1)C(=CN(C)C)O2. The number of rotatable bonds is 8. The summed E-state index contributed by atoms with van der Waals surface area (Å²) < 4.78 is 16.1. The number of piperidine rings is 1. The number of amides is 3. The Morgan fingerprint density at radius 1 is 1.18 bits per heavy atom. The number of benzene rings is 1. The number of methoxy groups -OCH3 is 1. The molecule has 0 aromatic heterocycles. The number of esters is 1. The highest BCUT2D eigenvalue weighted by atomic mass is 16.6. The summed E-state index contributed by atoms with van der Waals surface area (Å²) in [7, 11) is 5.06. The third-order valence-electron chi connectivity index (χ3n) is 6.12. The third-order valence-corrected chi connectivity index (χ3v) is 6.12. The van der Waals surface area contributed by atoms with Gasteiger partial charge in [0.25, 0.3) is 0 Å². The first-order chi connectivity index (χ1) is 18.4. The number of carbonyl (C=O) groups is 3. The van der Waals surface area contributed by atoms with Crippen LogP contribution in [0.5, 0.6) is 5.75 Å². The Morgan fingerprint density at radius 3 is 2.54 bits per heavy atom. The summed E-state index contributed by atoms with van der Waals surface area (Å²) in [4.78, 5) is 40.8. The van der Waals surface area contributed by atoms with E-state index in [9.17, 15) is 14.4 Å². The number of urea groups is 1. The van der Waals surface area contributed by atoms with Crippen molar-refractivity contribution < 1.29 is 28.6 Å². The highest BCUT2D eigenvalue weighted by molar-refractivity contribution is 5.91. The van der Waals surface area contributed by atoms with Crippen LogP contribution >= 0.6 is 0 Å². The highest BCUT2D eigenvalue weighted by Crippen LogP contribution is 2.33. The molecular formula is C27H42N6O6. The average molecular weight is 547 g/mol. The second kappa shape index (κ2) is 13.4. The molecule has 1 fully saturated rings. The summed E-state index contributed by atoms with van der Waals surface area (Å²) in [6.07, 6.45) is 3.23. The Bertz CT molecular complexity index is 1050. The second-order valence-electron chi connectivity index (χ2n) is 10.9. The Hall–Kier alpha value is -3.67. The van der Waals surface area contributed by atoms with Gasteiger partial charge in [0.05, 0.1) is 18.4 Å². The fraction of sp³-hybridized carbons (Fsp3) is 0.593. The number of fused-ring (bicyclic) bond motifs is 1. The van der Waals surface area contributed by atoms with Crippen LogP contribution in [0, 0.1) is 0 Å². The maximum absolute atomic E-state index is 12.9. The van der Waals surface area contributed by atoms with Crippen LogP contribution in [-0.4, -0.2) is 93.1 Å². The predicted octanol–water partition coefficient (Wildman–Crippen LogP) is 2.69. The molecule has 1 saturated heterocycles. The van der Waals surface area contributed by atoms with Gasteiger partial charge in [0.15, 0.2) is 11.9 Å². The maximum Gasteiger partial charge on any atom is 0.407 e. The minimum atomic E-state index is -0.634. The van der Waals surface area contributed by atoms with Crippen LogP contribution in [0.2, 0.25) is 0 Å². The van der Waals surface area contributed by atoms with Crippen molar-refractivity contribution in [3.05, 3.63) is 35.7 Å². The molecule has 1 atom stereocenters. The first kappa shape index (κ1) is 29.9. The number of likely N-dealkylation sites (tertiary alicyclic amines) is 1. The lowest BCUT2D eigenvalue weighted by molar-refractivity contribution is 0.0524. The zero-order chi connectivity index (χ0) is 28.6. The molecule has 3 amide bonds. The van der Waals surface area contributed by atoms with Crippen molar-refractivity contribution in [2.24, 2.45) is 0 Å². The van der Waals surface area contributed by atoms with Gasteiger partial charge < -0.3 is 45.3 Å². The number of hydrogen-bond donors (Lipinski definition) is 4. The van der Waals surface area contributed by atoms with E-state index in [1.807, 2.05) is 39.8 Å². The fourth-order valence-corrected chi connectivity index (χ4v) is 4.32. The first-order valence-corrected chi connectivity index (χ1v) is 13.2. The molecule has 0 aliphatic carbocycles. The van der Waals surface area contributed by atoms with Gasteiger partial charge in [-0.1, -0.05) is 0 Å². The van der Waals surface area contributed by atoms with Crippen LogP contribution in [0.1, 0.15) is 50.4 Å². The topological polar surface area (TPSA) is 134 Å². The van der Waals surface area contributed by atoms with Gasteiger partial charge in [-0.2, -0.15) is 0 Å². The molecule has 2 aliphatic heterocycles. The molecule has 3 rings (SSSR count). The quantitative estimate of drug-likeness (QED) is 0.287. The largest absolute Gasteiger partial charge is 0.465 e. The third kappa shape index (κ3) is 9.54. The molecule has 1 aromatic rings. The summed E-state index contributed by atoms with van der Waals surface area (Å²) in [5.74, 6) is 0.605. The molecule has 0 spiro atoms. The Morgan fingerprint density at radius 2 is 1.90 bits per heavy atom. The molecule has 2 heterocycles. The van der Waals surface area contributed by atoms with Crippen molar-refractivity contribution in [3.63, 3.8) is 0 Å². The van der Waals surface area contributed by atoms with Crippen molar-refractivity contribution in [2.45, 2.75) is 57.8 Å². The summed E-state index contributed by atoms with van der Waals surface area (Å²) in [6.45, 7) is 8.65. The number of nitrogens with one attached hydrogen (secondary N) is 4. The van der Waals surface area contributed by atoms with Gasteiger partial charge in [-0.3, -0.25) is 0 Å². The lowest BCUT2D eigenvalue weighted by Gasteiger charge is -2.34. The van der Waals surface area contributed by atoms with Gasteiger partial charge in [-0.25, -0.2) is 14.4 Å². The van der Waals surface area contributed by atoms with Crippen LogP contribution in [0.25, 0.3) is 0 Å². The molecule has 1 aromatic carbocycles. The zero-order valence-electron chi connectivity index (χ0n) is 23.8. The number of hydrogen-bond acceptors (Lipinski definition) is 9. The molecular weight excluding hydrogens is 504 g/mol. The van der Waals surface area contributed by atoms with E-state index in [1.54, 1.807) is 24.4 Å². The van der Waals surface area contributed by atoms with E-state index in [2.05, 4.69) is 26.2 Å². The molecule has 2 aliphatic rings. The van der Waals surface area contributed by atoms with E-state index >= 15 is 0 Å². The smallest absolute Gasteiger partial charge is 0.407 e. The van der Waals surface area contributed by atoms with E-state index in [0.29, 0.717) is 29.3 Å². The van der Waals surface area contributed by atoms with Gasteiger partial charge in [0.2, 0.25) is 0 Å². The van der Waals surface area contributed by atoms with Gasteiger partial charge in [-0.15, -0.1) is 0 Å².